The number of fused-ring (bicyclic) bond motifs is 1. The molecule has 0 aromatic heterocycles. The Morgan fingerprint density at radius 3 is 2.29 bits per heavy atom. The first-order valence-corrected chi connectivity index (χ1v) is 10.8. The number of carbonyl (C=O) groups is 2. The summed E-state index contributed by atoms with van der Waals surface area (Å²) < 4.78 is 5.55. The minimum Gasteiger partial charge on any atom is -0.494 e. The van der Waals surface area contributed by atoms with Gasteiger partial charge in [-0.1, -0.05) is 48.5 Å². The van der Waals surface area contributed by atoms with E-state index in [-0.39, 0.29) is 11.8 Å². The van der Waals surface area contributed by atoms with Crippen LogP contribution < -0.4 is 9.64 Å². The number of hydrogen-bond acceptors (Lipinski definition) is 4. The summed E-state index contributed by atoms with van der Waals surface area (Å²) in [6.45, 7) is 4.09. The maximum Gasteiger partial charge on any atom is 0.282 e. The number of likely N-dealkylation sites (tertiary alicyclic amines) is 1. The first-order valence-electron chi connectivity index (χ1n) is 10.8. The van der Waals surface area contributed by atoms with Gasteiger partial charge in [-0.15, -0.1) is 0 Å². The fourth-order valence-corrected chi connectivity index (χ4v) is 4.52. The molecule has 0 saturated carbocycles. The van der Waals surface area contributed by atoms with E-state index in [0.717, 1.165) is 48.0 Å². The summed E-state index contributed by atoms with van der Waals surface area (Å²) in [5.74, 6) is 0.233. The molecule has 5 heteroatoms. The highest BCUT2D eigenvalue weighted by molar-refractivity contribution is 6.46. The number of rotatable bonds is 5. The van der Waals surface area contributed by atoms with Gasteiger partial charge in [-0.05, 0) is 48.9 Å². The van der Waals surface area contributed by atoms with Crippen molar-refractivity contribution in [1.82, 2.24) is 4.90 Å². The Labute approximate surface area is 181 Å². The average molecular weight is 412 g/mol. The topological polar surface area (TPSA) is 49.9 Å². The predicted octanol–water partition coefficient (Wildman–Crippen LogP) is 4.62. The van der Waals surface area contributed by atoms with Crippen molar-refractivity contribution < 1.29 is 14.3 Å². The van der Waals surface area contributed by atoms with Crippen LogP contribution in [0.3, 0.4) is 0 Å². The third-order valence-corrected chi connectivity index (χ3v) is 5.94. The molecule has 2 heterocycles. The smallest absolute Gasteiger partial charge is 0.282 e. The van der Waals surface area contributed by atoms with E-state index in [4.69, 9.17) is 4.74 Å². The molecule has 5 rings (SSSR count). The molecule has 2 amide bonds. The summed E-state index contributed by atoms with van der Waals surface area (Å²) >= 11 is 0. The molecule has 0 N–H and O–H groups in total. The molecule has 156 valence electrons. The molecule has 31 heavy (non-hydrogen) atoms. The second kappa shape index (κ2) is 7.91. The van der Waals surface area contributed by atoms with Gasteiger partial charge >= 0.3 is 0 Å². The van der Waals surface area contributed by atoms with Crippen molar-refractivity contribution in [3.63, 3.8) is 0 Å². The molecular formula is C26H24N2O3. The van der Waals surface area contributed by atoms with Gasteiger partial charge in [0.05, 0.1) is 17.9 Å². The Morgan fingerprint density at radius 1 is 0.839 bits per heavy atom. The average Bonchev–Trinajstić information content (AvgIpc) is 3.40. The first kappa shape index (κ1) is 19.4. The minimum atomic E-state index is -0.271. The van der Waals surface area contributed by atoms with E-state index < -0.39 is 0 Å². The number of benzene rings is 3. The lowest BCUT2D eigenvalue weighted by molar-refractivity contribution is -0.120. The second-order valence-corrected chi connectivity index (χ2v) is 7.82. The molecule has 0 atom stereocenters. The molecule has 0 spiro atoms. The van der Waals surface area contributed by atoms with E-state index >= 15 is 0 Å². The van der Waals surface area contributed by atoms with Gasteiger partial charge in [0.25, 0.3) is 11.8 Å². The van der Waals surface area contributed by atoms with Crippen LogP contribution in [0, 0.1) is 0 Å². The summed E-state index contributed by atoms with van der Waals surface area (Å²) in [4.78, 5) is 30.8. The van der Waals surface area contributed by atoms with Crippen molar-refractivity contribution in [1.29, 1.82) is 0 Å². The fourth-order valence-electron chi connectivity index (χ4n) is 4.52. The Morgan fingerprint density at radius 2 is 1.55 bits per heavy atom. The van der Waals surface area contributed by atoms with Gasteiger partial charge in [0.2, 0.25) is 0 Å². The largest absolute Gasteiger partial charge is 0.494 e. The van der Waals surface area contributed by atoms with E-state index in [1.54, 1.807) is 0 Å². The van der Waals surface area contributed by atoms with Crippen LogP contribution in [0.2, 0.25) is 0 Å². The molecule has 0 radical (unpaired) electrons. The molecule has 0 bridgehead atoms. The summed E-state index contributed by atoms with van der Waals surface area (Å²) in [6, 6.07) is 21.0. The molecule has 5 nitrogen and oxygen atoms in total. The Hall–Kier alpha value is -3.60. The quantitative estimate of drug-likeness (QED) is 0.574. The molecule has 1 saturated heterocycles. The Kier molecular flexibility index (Phi) is 4.94. The Bertz CT molecular complexity index is 1190. The number of nitrogens with zero attached hydrogens (tertiary/aromatic N) is 2. The van der Waals surface area contributed by atoms with E-state index in [1.165, 1.54) is 4.90 Å². The van der Waals surface area contributed by atoms with Crippen molar-refractivity contribution in [2.75, 3.05) is 24.6 Å². The molecule has 3 aromatic rings. The van der Waals surface area contributed by atoms with Crippen molar-refractivity contribution in [2.45, 2.75) is 19.8 Å². The third kappa shape index (κ3) is 3.26. The number of imide groups is 1. The van der Waals surface area contributed by atoms with Gasteiger partial charge < -0.3 is 9.64 Å². The van der Waals surface area contributed by atoms with E-state index in [9.17, 15) is 9.59 Å². The highest BCUT2D eigenvalue weighted by Gasteiger charge is 2.43. The van der Waals surface area contributed by atoms with Gasteiger partial charge in [0.15, 0.2) is 0 Å². The lowest BCUT2D eigenvalue weighted by Crippen LogP contribution is -2.34. The first-order chi connectivity index (χ1) is 15.2. The van der Waals surface area contributed by atoms with Gasteiger partial charge in [-0.3, -0.25) is 9.59 Å². The highest BCUT2D eigenvalue weighted by Crippen LogP contribution is 2.38. The van der Waals surface area contributed by atoms with Crippen molar-refractivity contribution >= 4 is 33.8 Å². The normalized spacial score (nSPS) is 16.7. The minimum absolute atomic E-state index is 0.243. The Balaban J connectivity index is 1.63. The third-order valence-electron chi connectivity index (χ3n) is 5.94. The maximum atomic E-state index is 13.7. The van der Waals surface area contributed by atoms with Crippen molar-refractivity contribution in [2.24, 2.45) is 0 Å². The standard InChI is InChI=1S/C26H24N2O3/c1-2-31-20-14-12-19(13-15-20)23-24(27-16-5-6-17-27)26(30)28(25(23)29)22-11-7-9-18-8-3-4-10-21(18)22/h3-4,7-15H,2,5-6,16-17H2,1H3. The zero-order valence-electron chi connectivity index (χ0n) is 17.5. The molecule has 2 aliphatic rings. The number of ether oxygens (including phenoxy) is 1. The van der Waals surface area contributed by atoms with Crippen LogP contribution >= 0.6 is 0 Å². The highest BCUT2D eigenvalue weighted by atomic mass is 16.5. The predicted molar refractivity (Wildman–Crippen MR) is 122 cm³/mol. The van der Waals surface area contributed by atoms with Crippen LogP contribution in [0.15, 0.2) is 72.4 Å². The summed E-state index contributed by atoms with van der Waals surface area (Å²) in [6.07, 6.45) is 2.05. The van der Waals surface area contributed by atoms with E-state index in [2.05, 4.69) is 4.90 Å². The van der Waals surface area contributed by atoms with Gasteiger partial charge in [-0.2, -0.15) is 0 Å². The van der Waals surface area contributed by atoms with Crippen LogP contribution in [0.1, 0.15) is 25.3 Å². The van der Waals surface area contributed by atoms with Crippen LogP contribution in [-0.2, 0) is 9.59 Å². The molecule has 2 aliphatic heterocycles. The van der Waals surface area contributed by atoms with E-state index in [1.807, 2.05) is 73.7 Å². The molecule has 0 unspecified atom stereocenters. The zero-order valence-corrected chi connectivity index (χ0v) is 17.5. The molecule has 1 fully saturated rings. The summed E-state index contributed by atoms with van der Waals surface area (Å²) in [7, 11) is 0. The summed E-state index contributed by atoms with van der Waals surface area (Å²) in [5, 5.41) is 1.89. The lowest BCUT2D eigenvalue weighted by Gasteiger charge is -2.21. The fraction of sp³-hybridized carbons (Fsp3) is 0.231. The van der Waals surface area contributed by atoms with Gasteiger partial charge in [0, 0.05) is 18.5 Å². The van der Waals surface area contributed by atoms with Gasteiger partial charge in [0.1, 0.15) is 11.4 Å². The van der Waals surface area contributed by atoms with Crippen molar-refractivity contribution in [3.8, 4) is 5.75 Å². The molecule has 3 aromatic carbocycles. The van der Waals surface area contributed by atoms with Crippen LogP contribution in [0.25, 0.3) is 16.3 Å². The van der Waals surface area contributed by atoms with Crippen LogP contribution in [0.4, 0.5) is 5.69 Å². The van der Waals surface area contributed by atoms with Crippen LogP contribution in [-0.4, -0.2) is 36.4 Å². The number of carbonyl (C=O) groups excluding carboxylic acids is 2. The maximum absolute atomic E-state index is 13.7. The van der Waals surface area contributed by atoms with E-state index in [0.29, 0.717) is 23.6 Å². The van der Waals surface area contributed by atoms with Crippen LogP contribution in [0.5, 0.6) is 5.75 Å². The SMILES string of the molecule is CCOc1ccc(C2=C(N3CCCC3)C(=O)N(c3cccc4ccccc34)C2=O)cc1. The lowest BCUT2D eigenvalue weighted by atomic mass is 10.0. The monoisotopic (exact) mass is 412 g/mol. The molecular weight excluding hydrogens is 388 g/mol. The number of amides is 2. The van der Waals surface area contributed by atoms with Crippen molar-refractivity contribution in [3.05, 3.63) is 78.0 Å². The number of anilines is 1. The molecule has 0 aliphatic carbocycles. The number of hydrogen-bond donors (Lipinski definition) is 0. The zero-order chi connectivity index (χ0) is 21.4. The van der Waals surface area contributed by atoms with Gasteiger partial charge in [-0.25, -0.2) is 4.90 Å². The second-order valence-electron chi connectivity index (χ2n) is 7.82. The summed E-state index contributed by atoms with van der Waals surface area (Å²) in [5.41, 5.74) is 2.36.